The molecule has 0 fully saturated rings. The summed E-state index contributed by atoms with van der Waals surface area (Å²) in [4.78, 5) is 15.7. The maximum absolute atomic E-state index is 11.9. The number of carbonyl (C=O) groups excluding carboxylic acids is 1. The van der Waals surface area contributed by atoms with Gasteiger partial charge in [-0.1, -0.05) is 0 Å². The Hall–Kier alpha value is -2.57. The van der Waals surface area contributed by atoms with Crippen LogP contribution < -0.4 is 14.8 Å². The van der Waals surface area contributed by atoms with Gasteiger partial charge in [0.2, 0.25) is 5.95 Å². The molecule has 18 heavy (non-hydrogen) atoms. The Balaban J connectivity index is 1.81. The van der Waals surface area contributed by atoms with Gasteiger partial charge in [0.25, 0.3) is 5.91 Å². The number of fused-ring (bicyclic) bond motifs is 1. The number of hydrogen-bond acceptors (Lipinski definition) is 5. The molecule has 2 N–H and O–H groups in total. The Morgan fingerprint density at radius 1 is 1.28 bits per heavy atom. The molecule has 7 nitrogen and oxygen atoms in total. The second-order valence-corrected chi connectivity index (χ2v) is 3.65. The number of rotatable bonds is 2. The summed E-state index contributed by atoms with van der Waals surface area (Å²) < 4.78 is 10.8. The average Bonchev–Trinajstić information content (AvgIpc) is 2.91. The molecule has 0 radical (unpaired) electrons. The van der Waals surface area contributed by atoms with Crippen molar-refractivity contribution in [3.63, 3.8) is 0 Å². The predicted octanol–water partition coefficient (Wildman–Crippen LogP) is 0.828. The van der Waals surface area contributed by atoms with E-state index in [1.54, 1.807) is 18.2 Å². The first-order valence-corrected chi connectivity index (χ1v) is 5.39. The van der Waals surface area contributed by atoms with E-state index in [1.165, 1.54) is 6.33 Å². The summed E-state index contributed by atoms with van der Waals surface area (Å²) in [6.07, 6.45) is 1.32. The van der Waals surface area contributed by atoms with Crippen LogP contribution in [-0.4, -0.2) is 34.3 Å². The van der Waals surface area contributed by atoms with Gasteiger partial charge in [-0.15, -0.1) is 0 Å². The first kappa shape index (κ1) is 10.6. The maximum Gasteiger partial charge on any atom is 0.258 e. The van der Waals surface area contributed by atoms with E-state index < -0.39 is 0 Å². The third-order valence-electron chi connectivity index (χ3n) is 2.45. The Kier molecular flexibility index (Phi) is 2.56. The Labute approximate surface area is 102 Å². The van der Waals surface area contributed by atoms with Crippen LogP contribution in [-0.2, 0) is 0 Å². The zero-order chi connectivity index (χ0) is 12.4. The topological polar surface area (TPSA) is 89.1 Å². The number of hydrogen-bond donors (Lipinski definition) is 2. The lowest BCUT2D eigenvalue weighted by molar-refractivity contribution is 0.102. The van der Waals surface area contributed by atoms with Gasteiger partial charge in [0, 0.05) is 5.56 Å². The molecule has 0 spiro atoms. The lowest BCUT2D eigenvalue weighted by Gasteiger charge is -2.18. The zero-order valence-electron chi connectivity index (χ0n) is 9.34. The lowest BCUT2D eigenvalue weighted by atomic mass is 10.2. The molecule has 92 valence electrons. The van der Waals surface area contributed by atoms with Crippen molar-refractivity contribution in [1.29, 1.82) is 0 Å². The minimum Gasteiger partial charge on any atom is -0.486 e. The molecule has 3 rings (SSSR count). The molecule has 1 aliphatic rings. The number of nitrogens with one attached hydrogen (secondary N) is 2. The van der Waals surface area contributed by atoms with Crippen LogP contribution in [0.25, 0.3) is 0 Å². The van der Waals surface area contributed by atoms with E-state index in [0.29, 0.717) is 36.2 Å². The third-order valence-corrected chi connectivity index (χ3v) is 2.45. The number of aromatic amines is 1. The Bertz CT molecular complexity index is 568. The van der Waals surface area contributed by atoms with Crippen LogP contribution in [0.15, 0.2) is 24.5 Å². The lowest BCUT2D eigenvalue weighted by Crippen LogP contribution is -2.17. The molecule has 0 aliphatic carbocycles. The van der Waals surface area contributed by atoms with Gasteiger partial charge in [-0.2, -0.15) is 10.1 Å². The van der Waals surface area contributed by atoms with Crippen molar-refractivity contribution in [2.45, 2.75) is 0 Å². The fourth-order valence-electron chi connectivity index (χ4n) is 1.63. The smallest absolute Gasteiger partial charge is 0.258 e. The number of amides is 1. The summed E-state index contributed by atoms with van der Waals surface area (Å²) in [7, 11) is 0. The average molecular weight is 246 g/mol. The van der Waals surface area contributed by atoms with Gasteiger partial charge >= 0.3 is 0 Å². The van der Waals surface area contributed by atoms with Gasteiger partial charge in [-0.25, -0.2) is 5.10 Å². The molecule has 7 heteroatoms. The molecule has 1 aliphatic heterocycles. The van der Waals surface area contributed by atoms with Gasteiger partial charge in [0.05, 0.1) is 0 Å². The van der Waals surface area contributed by atoms with Crippen molar-refractivity contribution in [3.05, 3.63) is 30.1 Å². The van der Waals surface area contributed by atoms with Crippen LogP contribution in [0.1, 0.15) is 10.4 Å². The van der Waals surface area contributed by atoms with E-state index in [1.807, 2.05) is 0 Å². The van der Waals surface area contributed by atoms with E-state index in [9.17, 15) is 4.79 Å². The molecule has 0 atom stereocenters. The molecule has 2 heterocycles. The van der Waals surface area contributed by atoms with E-state index in [2.05, 4.69) is 20.5 Å². The first-order valence-electron chi connectivity index (χ1n) is 5.39. The van der Waals surface area contributed by atoms with Crippen LogP contribution in [0.2, 0.25) is 0 Å². The van der Waals surface area contributed by atoms with E-state index in [4.69, 9.17) is 9.47 Å². The molecule has 0 saturated carbocycles. The number of ether oxygens (including phenoxy) is 2. The van der Waals surface area contributed by atoms with Crippen molar-refractivity contribution < 1.29 is 14.3 Å². The molecule has 2 aromatic rings. The normalized spacial score (nSPS) is 13.1. The quantitative estimate of drug-likeness (QED) is 0.819. The van der Waals surface area contributed by atoms with Crippen molar-refractivity contribution in [2.75, 3.05) is 18.5 Å². The van der Waals surface area contributed by atoms with E-state index in [0.717, 1.165) is 0 Å². The minimum atomic E-state index is -0.288. The van der Waals surface area contributed by atoms with Gasteiger partial charge < -0.3 is 9.47 Å². The number of nitrogens with zero attached hydrogens (tertiary/aromatic N) is 2. The van der Waals surface area contributed by atoms with Crippen molar-refractivity contribution >= 4 is 11.9 Å². The highest BCUT2D eigenvalue weighted by atomic mass is 16.6. The van der Waals surface area contributed by atoms with Crippen molar-refractivity contribution in [2.24, 2.45) is 0 Å². The second-order valence-electron chi connectivity index (χ2n) is 3.65. The second kappa shape index (κ2) is 4.36. The van der Waals surface area contributed by atoms with Crippen molar-refractivity contribution in [3.8, 4) is 11.5 Å². The van der Waals surface area contributed by atoms with Crippen molar-refractivity contribution in [1.82, 2.24) is 15.2 Å². The van der Waals surface area contributed by atoms with Gasteiger partial charge in [-0.3, -0.25) is 10.1 Å². The number of benzene rings is 1. The standard InChI is InChI=1S/C11H10N4O3/c16-10(14-11-12-6-13-15-11)7-1-2-8-9(5-7)18-4-3-17-8/h1-2,5-6H,3-4H2,(H2,12,13,14,15,16). The predicted molar refractivity (Wildman–Crippen MR) is 61.8 cm³/mol. The van der Waals surface area contributed by atoms with Crippen LogP contribution in [0.4, 0.5) is 5.95 Å². The molecule has 0 bridgehead atoms. The van der Waals surface area contributed by atoms with Crippen LogP contribution in [0, 0.1) is 0 Å². The monoisotopic (exact) mass is 246 g/mol. The SMILES string of the molecule is O=C(Nc1ncn[nH]1)c1ccc2c(c1)OCCO2. The molecule has 1 aromatic carbocycles. The van der Waals surface area contributed by atoms with Gasteiger partial charge in [0.15, 0.2) is 11.5 Å². The summed E-state index contributed by atoms with van der Waals surface area (Å²) in [5, 5.41) is 8.78. The fraction of sp³-hybridized carbons (Fsp3) is 0.182. The number of anilines is 1. The van der Waals surface area contributed by atoms with Crippen LogP contribution in [0.5, 0.6) is 11.5 Å². The summed E-state index contributed by atoms with van der Waals surface area (Å²) in [6, 6.07) is 5.02. The summed E-state index contributed by atoms with van der Waals surface area (Å²) >= 11 is 0. The fourth-order valence-corrected chi connectivity index (χ4v) is 1.63. The highest BCUT2D eigenvalue weighted by Gasteiger charge is 2.15. The molecule has 0 unspecified atom stereocenters. The van der Waals surface area contributed by atoms with Gasteiger partial charge in [0.1, 0.15) is 19.5 Å². The minimum absolute atomic E-state index is 0.288. The van der Waals surface area contributed by atoms with Crippen LogP contribution >= 0.6 is 0 Å². The molecule has 1 amide bonds. The highest BCUT2D eigenvalue weighted by Crippen LogP contribution is 2.30. The largest absolute Gasteiger partial charge is 0.486 e. The van der Waals surface area contributed by atoms with Crippen LogP contribution in [0.3, 0.4) is 0 Å². The molecular formula is C11H10N4O3. The van der Waals surface area contributed by atoms with Gasteiger partial charge in [-0.05, 0) is 18.2 Å². The first-order chi connectivity index (χ1) is 8.83. The molecule has 0 saturated heterocycles. The molecular weight excluding hydrogens is 236 g/mol. The van der Waals surface area contributed by atoms with E-state index >= 15 is 0 Å². The highest BCUT2D eigenvalue weighted by molar-refractivity contribution is 6.03. The van der Waals surface area contributed by atoms with E-state index in [-0.39, 0.29) is 5.91 Å². The maximum atomic E-state index is 11.9. The third kappa shape index (κ3) is 1.97. The number of carbonyl (C=O) groups is 1. The zero-order valence-corrected chi connectivity index (χ0v) is 9.34. The summed E-state index contributed by atoms with van der Waals surface area (Å²) in [5.74, 6) is 1.24. The molecule has 1 aromatic heterocycles. The summed E-state index contributed by atoms with van der Waals surface area (Å²) in [6.45, 7) is 1.01. The number of H-pyrrole nitrogens is 1. The Morgan fingerprint density at radius 2 is 2.11 bits per heavy atom. The number of aromatic nitrogens is 3. The Morgan fingerprint density at radius 3 is 2.89 bits per heavy atom. The summed E-state index contributed by atoms with van der Waals surface area (Å²) in [5.41, 5.74) is 0.468.